The second kappa shape index (κ2) is 4.93. The fraction of sp³-hybridized carbons (Fsp3) is 0.273. The van der Waals surface area contributed by atoms with Crippen LogP contribution in [-0.2, 0) is 12.7 Å². The van der Waals surface area contributed by atoms with E-state index in [0.29, 0.717) is 6.54 Å². The molecule has 0 aliphatic heterocycles. The second-order valence-corrected chi connectivity index (χ2v) is 4.97. The number of halogens is 3. The zero-order valence-electron chi connectivity index (χ0n) is 9.45. The molecule has 0 saturated carbocycles. The molecule has 2 aromatic rings. The number of thiazole rings is 1. The van der Waals surface area contributed by atoms with Gasteiger partial charge in [-0.3, -0.25) is 0 Å². The summed E-state index contributed by atoms with van der Waals surface area (Å²) >= 11 is 1.49. The minimum Gasteiger partial charge on any atom is -0.364 e. The van der Waals surface area contributed by atoms with Crippen molar-refractivity contribution in [1.29, 1.82) is 0 Å². The number of aryl methyl sites for hydroxylation is 1. The van der Waals surface area contributed by atoms with E-state index in [1.165, 1.54) is 11.3 Å². The third-order valence-electron chi connectivity index (χ3n) is 2.18. The molecule has 0 amide bonds. The summed E-state index contributed by atoms with van der Waals surface area (Å²) in [7, 11) is 0. The molecule has 0 atom stereocenters. The van der Waals surface area contributed by atoms with Crippen LogP contribution in [0.3, 0.4) is 0 Å². The standard InChI is InChI=1S/C11H10F3N3S/c1-7-5-17-10(18-7)6-16-9-4-8(2-3-15-9)11(12,13)14/h2-5H,6H2,1H3,(H,15,16). The minimum absolute atomic E-state index is 0.192. The zero-order valence-corrected chi connectivity index (χ0v) is 10.3. The van der Waals surface area contributed by atoms with Crippen LogP contribution in [0, 0.1) is 6.92 Å². The van der Waals surface area contributed by atoms with E-state index in [4.69, 9.17) is 0 Å². The number of hydrogen-bond acceptors (Lipinski definition) is 4. The maximum absolute atomic E-state index is 12.5. The molecule has 18 heavy (non-hydrogen) atoms. The van der Waals surface area contributed by atoms with Gasteiger partial charge < -0.3 is 5.32 Å². The molecule has 0 bridgehead atoms. The van der Waals surface area contributed by atoms with Crippen molar-refractivity contribution in [3.05, 3.63) is 40.0 Å². The number of alkyl halides is 3. The minimum atomic E-state index is -4.35. The molecular formula is C11H10F3N3S. The highest BCUT2D eigenvalue weighted by Crippen LogP contribution is 2.29. The first-order chi connectivity index (χ1) is 8.45. The number of nitrogens with one attached hydrogen (secondary N) is 1. The predicted molar refractivity (Wildman–Crippen MR) is 63.4 cm³/mol. The topological polar surface area (TPSA) is 37.8 Å². The molecule has 0 unspecified atom stereocenters. The smallest absolute Gasteiger partial charge is 0.364 e. The Bertz CT molecular complexity index is 536. The third-order valence-corrected chi connectivity index (χ3v) is 3.09. The Morgan fingerprint density at radius 2 is 2.11 bits per heavy atom. The van der Waals surface area contributed by atoms with Gasteiger partial charge in [0.1, 0.15) is 10.8 Å². The first kappa shape index (κ1) is 12.8. The molecule has 2 rings (SSSR count). The van der Waals surface area contributed by atoms with E-state index in [2.05, 4.69) is 15.3 Å². The molecule has 0 radical (unpaired) electrons. The number of hydrogen-bond donors (Lipinski definition) is 1. The van der Waals surface area contributed by atoms with E-state index >= 15 is 0 Å². The second-order valence-electron chi connectivity index (χ2n) is 3.65. The van der Waals surface area contributed by atoms with Crippen LogP contribution in [0.1, 0.15) is 15.4 Å². The first-order valence-electron chi connectivity index (χ1n) is 5.13. The van der Waals surface area contributed by atoms with Gasteiger partial charge in [0.2, 0.25) is 0 Å². The summed E-state index contributed by atoms with van der Waals surface area (Å²) in [6, 6.07) is 1.93. The van der Waals surface area contributed by atoms with E-state index in [1.54, 1.807) is 6.20 Å². The summed E-state index contributed by atoms with van der Waals surface area (Å²) in [6.07, 6.45) is -1.49. The largest absolute Gasteiger partial charge is 0.416 e. The lowest BCUT2D eigenvalue weighted by Crippen LogP contribution is -2.07. The third kappa shape index (κ3) is 3.19. The van der Waals surface area contributed by atoms with Crippen molar-refractivity contribution in [2.75, 3.05) is 5.32 Å². The lowest BCUT2D eigenvalue weighted by molar-refractivity contribution is -0.137. The molecule has 0 aliphatic carbocycles. The van der Waals surface area contributed by atoms with Gasteiger partial charge in [-0.25, -0.2) is 9.97 Å². The van der Waals surface area contributed by atoms with Crippen LogP contribution in [0.5, 0.6) is 0 Å². The van der Waals surface area contributed by atoms with Crippen LogP contribution in [0.15, 0.2) is 24.5 Å². The summed E-state index contributed by atoms with van der Waals surface area (Å²) in [5.74, 6) is 0.192. The zero-order chi connectivity index (χ0) is 13.2. The van der Waals surface area contributed by atoms with E-state index < -0.39 is 11.7 Å². The molecule has 0 spiro atoms. The van der Waals surface area contributed by atoms with Gasteiger partial charge in [0.05, 0.1) is 12.1 Å². The summed E-state index contributed by atoms with van der Waals surface area (Å²) in [5.41, 5.74) is -0.713. The molecule has 7 heteroatoms. The van der Waals surface area contributed by atoms with Crippen molar-refractivity contribution >= 4 is 17.2 Å². The van der Waals surface area contributed by atoms with Crippen LogP contribution >= 0.6 is 11.3 Å². The fourth-order valence-corrected chi connectivity index (χ4v) is 2.08. The lowest BCUT2D eigenvalue weighted by Gasteiger charge is -2.08. The maximum Gasteiger partial charge on any atom is 0.416 e. The highest BCUT2D eigenvalue weighted by atomic mass is 32.1. The van der Waals surface area contributed by atoms with Gasteiger partial charge in [-0.15, -0.1) is 11.3 Å². The molecule has 2 aromatic heterocycles. The number of nitrogens with zero attached hydrogens (tertiary/aromatic N) is 2. The molecule has 2 heterocycles. The Balaban J connectivity index is 2.06. The number of anilines is 1. The van der Waals surface area contributed by atoms with Gasteiger partial charge in [0.15, 0.2) is 0 Å². The van der Waals surface area contributed by atoms with Crippen LogP contribution in [0.4, 0.5) is 19.0 Å². The number of rotatable bonds is 3. The highest BCUT2D eigenvalue weighted by Gasteiger charge is 2.30. The monoisotopic (exact) mass is 273 g/mol. The highest BCUT2D eigenvalue weighted by molar-refractivity contribution is 7.11. The molecular weight excluding hydrogens is 263 g/mol. The summed E-state index contributed by atoms with van der Waals surface area (Å²) in [4.78, 5) is 9.01. The fourth-order valence-electron chi connectivity index (χ4n) is 1.35. The van der Waals surface area contributed by atoms with Crippen molar-refractivity contribution in [3.63, 3.8) is 0 Å². The summed E-state index contributed by atoms with van der Waals surface area (Å²) in [5, 5.41) is 3.64. The maximum atomic E-state index is 12.5. The van der Waals surface area contributed by atoms with Crippen LogP contribution in [-0.4, -0.2) is 9.97 Å². The Morgan fingerprint density at radius 1 is 1.33 bits per heavy atom. The average molecular weight is 273 g/mol. The summed E-state index contributed by atoms with van der Waals surface area (Å²) in [6.45, 7) is 2.29. The van der Waals surface area contributed by atoms with Crippen LogP contribution in [0.2, 0.25) is 0 Å². The van der Waals surface area contributed by atoms with Gasteiger partial charge in [0.25, 0.3) is 0 Å². The van der Waals surface area contributed by atoms with E-state index in [-0.39, 0.29) is 5.82 Å². The van der Waals surface area contributed by atoms with Crippen molar-refractivity contribution in [2.24, 2.45) is 0 Å². The predicted octanol–water partition coefficient (Wildman–Crippen LogP) is 3.48. The van der Waals surface area contributed by atoms with E-state index in [1.807, 2.05) is 6.92 Å². The Kier molecular flexibility index (Phi) is 3.51. The van der Waals surface area contributed by atoms with E-state index in [9.17, 15) is 13.2 Å². The van der Waals surface area contributed by atoms with Crippen LogP contribution < -0.4 is 5.32 Å². The van der Waals surface area contributed by atoms with Crippen molar-refractivity contribution < 1.29 is 13.2 Å². The van der Waals surface area contributed by atoms with Crippen LogP contribution in [0.25, 0.3) is 0 Å². The van der Waals surface area contributed by atoms with Gasteiger partial charge in [0, 0.05) is 17.3 Å². The Morgan fingerprint density at radius 3 is 2.72 bits per heavy atom. The molecule has 0 fully saturated rings. The molecule has 1 N–H and O–H groups in total. The molecule has 0 aliphatic rings. The van der Waals surface area contributed by atoms with Crippen molar-refractivity contribution in [1.82, 2.24) is 9.97 Å². The SMILES string of the molecule is Cc1cnc(CNc2cc(C(F)(F)F)ccn2)s1. The van der Waals surface area contributed by atoms with Gasteiger partial charge in [-0.05, 0) is 19.1 Å². The van der Waals surface area contributed by atoms with Gasteiger partial charge >= 0.3 is 6.18 Å². The molecule has 96 valence electrons. The van der Waals surface area contributed by atoms with Crippen molar-refractivity contribution in [3.8, 4) is 0 Å². The first-order valence-corrected chi connectivity index (χ1v) is 5.95. The van der Waals surface area contributed by atoms with Gasteiger partial charge in [-0.1, -0.05) is 0 Å². The Labute approximate surface area is 106 Å². The van der Waals surface area contributed by atoms with E-state index in [0.717, 1.165) is 28.2 Å². The number of pyridine rings is 1. The summed E-state index contributed by atoms with van der Waals surface area (Å²) < 4.78 is 37.4. The van der Waals surface area contributed by atoms with Crippen molar-refractivity contribution in [2.45, 2.75) is 19.6 Å². The molecule has 0 saturated heterocycles. The quantitative estimate of drug-likeness (QED) is 0.930. The molecule has 0 aromatic carbocycles. The number of aromatic nitrogens is 2. The average Bonchev–Trinajstić information content (AvgIpc) is 2.72. The van der Waals surface area contributed by atoms with Gasteiger partial charge in [-0.2, -0.15) is 13.2 Å². The Hall–Kier alpha value is -1.63. The molecule has 3 nitrogen and oxygen atoms in total. The lowest BCUT2D eigenvalue weighted by atomic mass is 10.2. The normalized spacial score (nSPS) is 11.6.